The van der Waals surface area contributed by atoms with Crippen LogP contribution in [-0.2, 0) is 6.42 Å². The average molecular weight is 499 g/mol. The molecule has 5 aromatic carbocycles. The van der Waals surface area contributed by atoms with Crippen LogP contribution in [0.4, 0.5) is 0 Å². The zero-order valence-corrected chi connectivity index (χ0v) is 21.1. The van der Waals surface area contributed by atoms with Crippen LogP contribution < -0.4 is 0 Å². The number of rotatable bonds is 2. The highest BCUT2D eigenvalue weighted by Gasteiger charge is 2.21. The maximum atomic E-state index is 6.01. The zero-order chi connectivity index (χ0) is 25.5. The van der Waals surface area contributed by atoms with Crippen LogP contribution in [-0.4, -0.2) is 9.55 Å². The lowest BCUT2D eigenvalue weighted by Gasteiger charge is -2.11. The van der Waals surface area contributed by atoms with E-state index in [1.165, 1.54) is 60.9 Å². The minimum Gasteiger partial charge on any atom is -0.454 e. The number of pyridine rings is 1. The van der Waals surface area contributed by atoms with E-state index < -0.39 is 0 Å². The van der Waals surface area contributed by atoms with Crippen molar-refractivity contribution in [3.05, 3.63) is 133 Å². The van der Waals surface area contributed by atoms with Crippen molar-refractivity contribution in [2.45, 2.75) is 6.42 Å². The SMILES string of the molecule is c1cnc2c(c1)oc1ccc(-c3ccc4c(c3)-c3cc(-n5c6ccccc6c6ccccc65)ccc3C4)cc12. The van der Waals surface area contributed by atoms with Crippen molar-refractivity contribution in [3.63, 3.8) is 0 Å². The minimum atomic E-state index is 0.824. The van der Waals surface area contributed by atoms with E-state index in [1.54, 1.807) is 0 Å². The molecule has 0 saturated heterocycles. The van der Waals surface area contributed by atoms with E-state index in [9.17, 15) is 0 Å². The second-order valence-electron chi connectivity index (χ2n) is 10.4. The Morgan fingerprint density at radius 2 is 1.26 bits per heavy atom. The zero-order valence-electron chi connectivity index (χ0n) is 21.1. The quantitative estimate of drug-likeness (QED) is 0.238. The molecule has 0 unspecified atom stereocenters. The van der Waals surface area contributed by atoms with Crippen molar-refractivity contribution in [1.29, 1.82) is 0 Å². The summed E-state index contributed by atoms with van der Waals surface area (Å²) in [6.07, 6.45) is 2.79. The Hall–Kier alpha value is -5.15. The van der Waals surface area contributed by atoms with Gasteiger partial charge in [-0.25, -0.2) is 0 Å². The third-order valence-electron chi connectivity index (χ3n) is 8.27. The molecule has 0 amide bonds. The third-order valence-corrected chi connectivity index (χ3v) is 8.27. The maximum absolute atomic E-state index is 6.01. The molecule has 9 rings (SSSR count). The van der Waals surface area contributed by atoms with Crippen molar-refractivity contribution in [2.75, 3.05) is 0 Å². The lowest BCUT2D eigenvalue weighted by atomic mass is 9.97. The van der Waals surface area contributed by atoms with Gasteiger partial charge in [-0.15, -0.1) is 0 Å². The van der Waals surface area contributed by atoms with Crippen LogP contribution in [0.3, 0.4) is 0 Å². The molecule has 3 aromatic heterocycles. The van der Waals surface area contributed by atoms with Crippen LogP contribution in [0, 0.1) is 0 Å². The molecule has 1 aliphatic rings. The summed E-state index contributed by atoms with van der Waals surface area (Å²) in [5.74, 6) is 0. The Bertz CT molecular complexity index is 2210. The van der Waals surface area contributed by atoms with Gasteiger partial charge in [0.2, 0.25) is 0 Å². The fourth-order valence-electron chi connectivity index (χ4n) is 6.45. The number of nitrogens with zero attached hydrogens (tertiary/aromatic N) is 2. The van der Waals surface area contributed by atoms with Crippen LogP contribution in [0.1, 0.15) is 11.1 Å². The molecule has 8 aromatic rings. The van der Waals surface area contributed by atoms with Crippen LogP contribution in [0.25, 0.3) is 71.8 Å². The van der Waals surface area contributed by atoms with Gasteiger partial charge in [0.05, 0.1) is 11.0 Å². The first-order valence-corrected chi connectivity index (χ1v) is 13.3. The number of fused-ring (bicyclic) bond motifs is 9. The Morgan fingerprint density at radius 3 is 2.08 bits per heavy atom. The van der Waals surface area contributed by atoms with Gasteiger partial charge in [-0.1, -0.05) is 60.7 Å². The predicted octanol–water partition coefficient (Wildman–Crippen LogP) is 9.32. The van der Waals surface area contributed by atoms with Crippen molar-refractivity contribution in [3.8, 4) is 27.9 Å². The Kier molecular flexibility index (Phi) is 4.11. The number of aromatic nitrogens is 2. The van der Waals surface area contributed by atoms with Crippen LogP contribution >= 0.6 is 0 Å². The van der Waals surface area contributed by atoms with Crippen LogP contribution in [0.15, 0.2) is 126 Å². The molecule has 3 nitrogen and oxygen atoms in total. The molecule has 0 atom stereocenters. The molecule has 0 spiro atoms. The van der Waals surface area contributed by atoms with Gasteiger partial charge in [0.1, 0.15) is 11.1 Å². The number of furan rings is 1. The molecular formula is C36H22N2O. The number of hydrogen-bond donors (Lipinski definition) is 0. The Labute approximate surface area is 224 Å². The van der Waals surface area contributed by atoms with E-state index in [4.69, 9.17) is 4.42 Å². The van der Waals surface area contributed by atoms with Crippen LogP contribution in [0.5, 0.6) is 0 Å². The third kappa shape index (κ3) is 2.96. The molecule has 0 N–H and O–H groups in total. The molecule has 182 valence electrons. The normalized spacial score (nSPS) is 12.5. The van der Waals surface area contributed by atoms with E-state index in [1.807, 2.05) is 18.3 Å². The molecule has 3 heteroatoms. The molecule has 39 heavy (non-hydrogen) atoms. The van der Waals surface area contributed by atoms with Crippen molar-refractivity contribution in [2.24, 2.45) is 0 Å². The summed E-state index contributed by atoms with van der Waals surface area (Å²) in [5.41, 5.74) is 14.1. The Balaban J connectivity index is 1.21. The topological polar surface area (TPSA) is 31.0 Å². The predicted molar refractivity (Wildman–Crippen MR) is 160 cm³/mol. The first-order valence-electron chi connectivity index (χ1n) is 13.3. The minimum absolute atomic E-state index is 0.824. The van der Waals surface area contributed by atoms with Gasteiger partial charge in [-0.3, -0.25) is 4.98 Å². The summed E-state index contributed by atoms with van der Waals surface area (Å²) in [7, 11) is 0. The summed E-state index contributed by atoms with van der Waals surface area (Å²) in [6, 6.07) is 41.5. The van der Waals surface area contributed by atoms with Gasteiger partial charge in [-0.2, -0.15) is 0 Å². The maximum Gasteiger partial charge on any atom is 0.153 e. The van der Waals surface area contributed by atoms with Gasteiger partial charge >= 0.3 is 0 Å². The summed E-state index contributed by atoms with van der Waals surface area (Å²) < 4.78 is 8.41. The van der Waals surface area contributed by atoms with E-state index in [0.29, 0.717) is 0 Å². The smallest absolute Gasteiger partial charge is 0.153 e. The molecule has 3 heterocycles. The highest BCUT2D eigenvalue weighted by Crippen LogP contribution is 2.42. The molecule has 0 saturated carbocycles. The molecule has 1 aliphatic carbocycles. The Morgan fingerprint density at radius 1 is 0.564 bits per heavy atom. The first-order chi connectivity index (χ1) is 19.3. The van der Waals surface area contributed by atoms with Crippen molar-refractivity contribution in [1.82, 2.24) is 9.55 Å². The summed E-state index contributed by atoms with van der Waals surface area (Å²) >= 11 is 0. The van der Waals surface area contributed by atoms with Crippen molar-refractivity contribution < 1.29 is 4.42 Å². The van der Waals surface area contributed by atoms with E-state index in [0.717, 1.165) is 28.5 Å². The average Bonchev–Trinajstić information content (AvgIpc) is 3.65. The fourth-order valence-corrected chi connectivity index (χ4v) is 6.45. The summed E-state index contributed by atoms with van der Waals surface area (Å²) in [4.78, 5) is 4.57. The van der Waals surface area contributed by atoms with Crippen LogP contribution in [0.2, 0.25) is 0 Å². The standard InChI is InChI=1S/C36H22N2O/c1-3-8-32-27(6-1)28-7-2-4-9-33(28)38(32)26-15-13-25-18-24-12-11-22(19-29(24)30(25)21-26)23-14-16-34-31(20-23)36-35(39-34)10-5-17-37-36/h1-17,19-21H,18H2. The number of hydrogen-bond acceptors (Lipinski definition) is 2. The molecular weight excluding hydrogens is 476 g/mol. The molecule has 0 radical (unpaired) electrons. The van der Waals surface area contributed by atoms with Crippen molar-refractivity contribution >= 4 is 43.9 Å². The van der Waals surface area contributed by atoms with Gasteiger partial charge in [-0.05, 0) is 94.4 Å². The van der Waals surface area contributed by atoms with Gasteiger partial charge < -0.3 is 8.98 Å². The van der Waals surface area contributed by atoms with E-state index in [-0.39, 0.29) is 0 Å². The molecule has 0 bridgehead atoms. The highest BCUT2D eigenvalue weighted by molar-refractivity contribution is 6.09. The lowest BCUT2D eigenvalue weighted by molar-refractivity contribution is 0.668. The van der Waals surface area contributed by atoms with E-state index >= 15 is 0 Å². The summed E-state index contributed by atoms with van der Waals surface area (Å²) in [6.45, 7) is 0. The number of benzene rings is 5. The van der Waals surface area contributed by atoms with E-state index in [2.05, 4.69) is 113 Å². The largest absolute Gasteiger partial charge is 0.454 e. The second kappa shape index (κ2) is 7.68. The monoisotopic (exact) mass is 498 g/mol. The number of para-hydroxylation sites is 2. The molecule has 0 aliphatic heterocycles. The second-order valence-corrected chi connectivity index (χ2v) is 10.4. The molecule has 0 fully saturated rings. The van der Waals surface area contributed by atoms with Gasteiger partial charge in [0, 0.05) is 28.0 Å². The lowest BCUT2D eigenvalue weighted by Crippen LogP contribution is -1.94. The van der Waals surface area contributed by atoms with Gasteiger partial charge in [0.25, 0.3) is 0 Å². The fraction of sp³-hybridized carbons (Fsp3) is 0.0278. The highest BCUT2D eigenvalue weighted by atomic mass is 16.3. The van der Waals surface area contributed by atoms with Gasteiger partial charge in [0.15, 0.2) is 5.58 Å². The summed E-state index contributed by atoms with van der Waals surface area (Å²) in [5, 5.41) is 3.62. The first kappa shape index (κ1) is 20.9.